The van der Waals surface area contributed by atoms with Crippen LogP contribution in [0.1, 0.15) is 6.42 Å². The van der Waals surface area contributed by atoms with Gasteiger partial charge in [0.15, 0.2) is 0 Å². The van der Waals surface area contributed by atoms with Gasteiger partial charge in [-0.3, -0.25) is 4.79 Å². The van der Waals surface area contributed by atoms with E-state index in [2.05, 4.69) is 15.4 Å². The molecule has 0 spiro atoms. The van der Waals surface area contributed by atoms with Gasteiger partial charge in [-0.15, -0.1) is 0 Å². The summed E-state index contributed by atoms with van der Waals surface area (Å²) in [5.74, 6) is 0.793. The molecule has 1 aromatic rings. The molecule has 0 radical (unpaired) electrons. The van der Waals surface area contributed by atoms with E-state index >= 15 is 0 Å². The van der Waals surface area contributed by atoms with E-state index in [-0.39, 0.29) is 5.91 Å². The average molecular weight is 221 g/mol. The number of carbonyl (C=O) groups is 1. The summed E-state index contributed by atoms with van der Waals surface area (Å²) >= 11 is 0. The molecule has 6 heteroatoms. The van der Waals surface area contributed by atoms with Gasteiger partial charge in [0.1, 0.15) is 19.2 Å². The van der Waals surface area contributed by atoms with Crippen molar-refractivity contribution in [2.45, 2.75) is 19.0 Å². The fourth-order valence-electron chi connectivity index (χ4n) is 2.61. The quantitative estimate of drug-likeness (QED) is 0.703. The summed E-state index contributed by atoms with van der Waals surface area (Å²) in [7, 11) is 0. The van der Waals surface area contributed by atoms with Crippen molar-refractivity contribution >= 4 is 5.91 Å². The molecule has 0 saturated carbocycles. The second kappa shape index (κ2) is 3.86. The minimum atomic E-state index is 0.140. The van der Waals surface area contributed by atoms with Crippen molar-refractivity contribution in [2.75, 3.05) is 19.6 Å². The van der Waals surface area contributed by atoms with E-state index < -0.39 is 0 Å². The summed E-state index contributed by atoms with van der Waals surface area (Å²) in [5, 5.41) is 7.38. The Morgan fingerprint density at radius 3 is 3.19 bits per heavy atom. The van der Waals surface area contributed by atoms with E-state index in [4.69, 9.17) is 0 Å². The van der Waals surface area contributed by atoms with Crippen molar-refractivity contribution in [3.63, 3.8) is 0 Å². The maximum absolute atomic E-state index is 12.0. The molecule has 1 aromatic heterocycles. The fraction of sp³-hybridized carbons (Fsp3) is 0.700. The fourth-order valence-corrected chi connectivity index (χ4v) is 2.61. The molecule has 6 nitrogen and oxygen atoms in total. The predicted octanol–water partition coefficient (Wildman–Crippen LogP) is -0.902. The first kappa shape index (κ1) is 9.77. The summed E-state index contributed by atoms with van der Waals surface area (Å²) < 4.78 is 1.57. The Morgan fingerprint density at radius 1 is 1.50 bits per heavy atom. The molecule has 2 fully saturated rings. The zero-order valence-electron chi connectivity index (χ0n) is 9.04. The largest absolute Gasteiger partial charge is 0.339 e. The van der Waals surface area contributed by atoms with Gasteiger partial charge in [0.2, 0.25) is 5.91 Å². The summed E-state index contributed by atoms with van der Waals surface area (Å²) in [4.78, 5) is 17.7. The highest BCUT2D eigenvalue weighted by molar-refractivity contribution is 5.76. The summed E-state index contributed by atoms with van der Waals surface area (Å²) in [6.07, 6.45) is 4.22. The van der Waals surface area contributed by atoms with Crippen LogP contribution in [0.5, 0.6) is 0 Å². The van der Waals surface area contributed by atoms with Gasteiger partial charge in [0.25, 0.3) is 0 Å². The number of aromatic nitrogens is 3. The Balaban J connectivity index is 1.60. The molecule has 3 rings (SSSR count). The lowest BCUT2D eigenvalue weighted by Gasteiger charge is -2.16. The number of likely N-dealkylation sites (tertiary alicyclic amines) is 1. The van der Waals surface area contributed by atoms with Crippen molar-refractivity contribution in [3.05, 3.63) is 12.7 Å². The Bertz CT molecular complexity index is 365. The third kappa shape index (κ3) is 1.69. The second-order valence-electron chi connectivity index (χ2n) is 4.50. The highest BCUT2D eigenvalue weighted by Gasteiger charge is 2.37. The van der Waals surface area contributed by atoms with Gasteiger partial charge in [-0.2, -0.15) is 5.10 Å². The van der Waals surface area contributed by atoms with E-state index in [0.717, 1.165) is 19.6 Å². The van der Waals surface area contributed by atoms with Gasteiger partial charge in [0.05, 0.1) is 0 Å². The van der Waals surface area contributed by atoms with Crippen molar-refractivity contribution in [2.24, 2.45) is 5.92 Å². The molecule has 2 atom stereocenters. The van der Waals surface area contributed by atoms with Crippen LogP contribution in [-0.2, 0) is 11.3 Å². The maximum Gasteiger partial charge on any atom is 0.244 e. The smallest absolute Gasteiger partial charge is 0.244 e. The van der Waals surface area contributed by atoms with E-state index in [1.807, 2.05) is 4.90 Å². The van der Waals surface area contributed by atoms with E-state index in [1.165, 1.54) is 12.7 Å². The number of carbonyl (C=O) groups excluding carboxylic acids is 1. The molecular weight excluding hydrogens is 206 g/mol. The van der Waals surface area contributed by atoms with Gasteiger partial charge in [-0.05, 0) is 18.9 Å². The van der Waals surface area contributed by atoms with Gasteiger partial charge in [0, 0.05) is 19.1 Å². The van der Waals surface area contributed by atoms with Gasteiger partial charge in [-0.25, -0.2) is 9.67 Å². The summed E-state index contributed by atoms with van der Waals surface area (Å²) in [6.45, 7) is 3.14. The standard InChI is InChI=1S/C10H15N5O/c16-10(5-15-7-11-6-13-15)14-3-8-1-2-12-9(8)4-14/h6-9,12H,1-5H2/t8-,9+/m0/s1. The van der Waals surface area contributed by atoms with Crippen LogP contribution >= 0.6 is 0 Å². The van der Waals surface area contributed by atoms with Crippen LogP contribution < -0.4 is 5.32 Å². The van der Waals surface area contributed by atoms with Crippen molar-refractivity contribution in [1.82, 2.24) is 25.0 Å². The Morgan fingerprint density at radius 2 is 2.44 bits per heavy atom. The molecular formula is C10H15N5O. The highest BCUT2D eigenvalue weighted by atomic mass is 16.2. The molecule has 86 valence electrons. The SMILES string of the molecule is O=C(Cn1cncn1)N1C[C@@H]2CCN[C@@H]2C1. The van der Waals surface area contributed by atoms with Crippen LogP contribution in [0.2, 0.25) is 0 Å². The zero-order chi connectivity index (χ0) is 11.0. The molecule has 2 saturated heterocycles. The first-order valence-electron chi connectivity index (χ1n) is 5.66. The van der Waals surface area contributed by atoms with Crippen LogP contribution in [0.25, 0.3) is 0 Å². The third-order valence-electron chi connectivity index (χ3n) is 3.48. The van der Waals surface area contributed by atoms with E-state index in [0.29, 0.717) is 18.5 Å². The van der Waals surface area contributed by atoms with Gasteiger partial charge < -0.3 is 10.2 Å². The van der Waals surface area contributed by atoms with Crippen LogP contribution in [0, 0.1) is 5.92 Å². The zero-order valence-corrected chi connectivity index (χ0v) is 9.04. The predicted molar refractivity (Wildman–Crippen MR) is 56.5 cm³/mol. The van der Waals surface area contributed by atoms with Gasteiger partial charge >= 0.3 is 0 Å². The minimum Gasteiger partial charge on any atom is -0.339 e. The van der Waals surface area contributed by atoms with E-state index in [1.54, 1.807) is 11.0 Å². The maximum atomic E-state index is 12.0. The third-order valence-corrected chi connectivity index (χ3v) is 3.48. The van der Waals surface area contributed by atoms with Gasteiger partial charge in [-0.1, -0.05) is 0 Å². The summed E-state index contributed by atoms with van der Waals surface area (Å²) in [6, 6.07) is 0.514. The average Bonchev–Trinajstić information content (AvgIpc) is 2.91. The number of hydrogen-bond acceptors (Lipinski definition) is 4. The van der Waals surface area contributed by atoms with Crippen LogP contribution in [-0.4, -0.2) is 51.2 Å². The number of hydrogen-bond donors (Lipinski definition) is 1. The molecule has 2 aliphatic heterocycles. The topological polar surface area (TPSA) is 63.1 Å². The second-order valence-corrected chi connectivity index (χ2v) is 4.50. The number of amides is 1. The molecule has 2 aliphatic rings. The molecule has 0 unspecified atom stereocenters. The number of nitrogens with zero attached hydrogens (tertiary/aromatic N) is 4. The summed E-state index contributed by atoms with van der Waals surface area (Å²) in [5.41, 5.74) is 0. The Hall–Kier alpha value is -1.43. The molecule has 0 aliphatic carbocycles. The molecule has 0 aromatic carbocycles. The monoisotopic (exact) mass is 221 g/mol. The molecule has 0 bridgehead atoms. The molecule has 1 amide bonds. The van der Waals surface area contributed by atoms with Crippen molar-refractivity contribution in [1.29, 1.82) is 0 Å². The lowest BCUT2D eigenvalue weighted by molar-refractivity contribution is -0.131. The van der Waals surface area contributed by atoms with Crippen molar-refractivity contribution in [3.8, 4) is 0 Å². The lowest BCUT2D eigenvalue weighted by atomic mass is 10.1. The molecule has 16 heavy (non-hydrogen) atoms. The Labute approximate surface area is 93.6 Å². The lowest BCUT2D eigenvalue weighted by Crippen LogP contribution is -2.35. The van der Waals surface area contributed by atoms with Crippen molar-refractivity contribution < 1.29 is 4.79 Å². The first-order chi connectivity index (χ1) is 7.83. The van der Waals surface area contributed by atoms with Crippen LogP contribution in [0.4, 0.5) is 0 Å². The number of rotatable bonds is 2. The van der Waals surface area contributed by atoms with Crippen LogP contribution in [0.15, 0.2) is 12.7 Å². The minimum absolute atomic E-state index is 0.140. The molecule has 3 heterocycles. The Kier molecular flexibility index (Phi) is 2.36. The first-order valence-corrected chi connectivity index (χ1v) is 5.66. The highest BCUT2D eigenvalue weighted by Crippen LogP contribution is 2.24. The number of fused-ring (bicyclic) bond motifs is 1. The normalized spacial score (nSPS) is 28.4. The van der Waals surface area contributed by atoms with E-state index in [9.17, 15) is 4.79 Å². The van der Waals surface area contributed by atoms with Crippen LogP contribution in [0.3, 0.4) is 0 Å². The number of nitrogens with one attached hydrogen (secondary N) is 1. The molecule has 1 N–H and O–H groups in total.